The third-order valence-electron chi connectivity index (χ3n) is 4.95. The van der Waals surface area contributed by atoms with E-state index in [4.69, 9.17) is 3.50 Å². The Morgan fingerprint density at radius 3 is 1.62 bits per heavy atom. The van der Waals surface area contributed by atoms with E-state index in [9.17, 15) is 0 Å². The normalized spacial score (nSPS) is 10.7. The number of hydrogen-bond donors (Lipinski definition) is 0. The van der Waals surface area contributed by atoms with Gasteiger partial charge in [0.25, 0.3) is 0 Å². The molecule has 0 aliphatic heterocycles. The molecule has 3 aromatic rings. The van der Waals surface area contributed by atoms with Gasteiger partial charge in [-0.15, -0.1) is 0 Å². The first-order valence-corrected chi connectivity index (χ1v) is 13.2. The molecule has 0 bridgehead atoms. The number of nitrogens with zero attached hydrogens (tertiary/aromatic N) is 1. The topological polar surface area (TPSA) is 12.4 Å². The first kappa shape index (κ1) is 21.5. The van der Waals surface area contributed by atoms with E-state index in [1.807, 2.05) is 0 Å². The Bertz CT molecular complexity index is 957. The van der Waals surface area contributed by atoms with Crippen LogP contribution in [0, 0.1) is 0 Å². The van der Waals surface area contributed by atoms with E-state index in [1.165, 1.54) is 33.5 Å². The molecule has 0 aliphatic rings. The maximum atomic E-state index is 5.17. The van der Waals surface area contributed by atoms with E-state index in [1.54, 1.807) is 0 Å². The maximum absolute atomic E-state index is 5.17. The van der Waals surface area contributed by atoms with E-state index in [0.717, 1.165) is 0 Å². The zero-order chi connectivity index (χ0) is 20.6. The van der Waals surface area contributed by atoms with Gasteiger partial charge in [0.15, 0.2) is 0 Å². The van der Waals surface area contributed by atoms with Gasteiger partial charge in [-0.3, -0.25) is 0 Å². The summed E-state index contributed by atoms with van der Waals surface area (Å²) < 4.78 is 7.52. The molecule has 3 rings (SSSR count). The molecule has 0 aromatic heterocycles. The molecule has 2 heteroatoms. The summed E-state index contributed by atoms with van der Waals surface area (Å²) in [6.45, 7) is 9.04. The van der Waals surface area contributed by atoms with Crippen LogP contribution >= 0.6 is 0 Å². The van der Waals surface area contributed by atoms with E-state index in [0.29, 0.717) is 11.8 Å². The standard InChI is InChI=1S/C15H12.C12H17N.W/c1-2-15(13-9-5-3-6-10-13)14-11-7-4-8-12-14;1-8(2)10-6-5-7-11(9(3)4)12(10)13;/h1-12H;5-9H,1-4H3;. The second kappa shape index (κ2) is 10.5. The summed E-state index contributed by atoms with van der Waals surface area (Å²) in [5.74, 6) is 0.983. The van der Waals surface area contributed by atoms with Gasteiger partial charge >= 0.3 is 184 Å². The van der Waals surface area contributed by atoms with Gasteiger partial charge in [-0.2, -0.15) is 0 Å². The molecule has 29 heavy (non-hydrogen) atoms. The van der Waals surface area contributed by atoms with Gasteiger partial charge in [-0.05, 0) is 0 Å². The van der Waals surface area contributed by atoms with E-state index in [2.05, 4.69) is 117 Å². The van der Waals surface area contributed by atoms with Crippen molar-refractivity contribution >= 4 is 15.7 Å². The van der Waals surface area contributed by atoms with Crippen LogP contribution in [0.2, 0.25) is 0 Å². The second-order valence-electron chi connectivity index (χ2n) is 7.74. The van der Waals surface area contributed by atoms with Crippen LogP contribution in [0.25, 0.3) is 5.57 Å². The second-order valence-corrected chi connectivity index (χ2v) is 10.1. The van der Waals surface area contributed by atoms with E-state index in [-0.39, 0.29) is 0 Å². The first-order chi connectivity index (χ1) is 14.1. The Morgan fingerprint density at radius 2 is 1.17 bits per heavy atom. The average Bonchev–Trinajstić information content (AvgIpc) is 2.74. The first-order valence-electron chi connectivity index (χ1n) is 10.2. The Morgan fingerprint density at radius 1 is 0.690 bits per heavy atom. The zero-order valence-electron chi connectivity index (χ0n) is 17.7. The quantitative estimate of drug-likeness (QED) is 0.297. The molecule has 1 nitrogen and oxygen atoms in total. The minimum absolute atomic E-state index is 0.492. The summed E-state index contributed by atoms with van der Waals surface area (Å²) in [5.41, 5.74) is 7.76. The number of hydrogen-bond acceptors (Lipinski definition) is 1. The fourth-order valence-electron chi connectivity index (χ4n) is 3.39. The van der Waals surface area contributed by atoms with E-state index < -0.39 is 17.9 Å². The van der Waals surface area contributed by atoms with Gasteiger partial charge < -0.3 is 0 Å². The molecular weight excluding hydrogens is 522 g/mol. The predicted octanol–water partition coefficient (Wildman–Crippen LogP) is 7.77. The van der Waals surface area contributed by atoms with Gasteiger partial charge in [0.2, 0.25) is 0 Å². The molecule has 0 heterocycles. The van der Waals surface area contributed by atoms with Crippen molar-refractivity contribution in [2.24, 2.45) is 3.50 Å². The Hall–Kier alpha value is -2.24. The number of benzene rings is 3. The summed E-state index contributed by atoms with van der Waals surface area (Å²) >= 11 is -1.00. The SMILES string of the molecule is CC(C)c1cccc(C(C)C)c1[N]=[W]=[CH]C=C(c1ccccc1)c1ccccc1. The van der Waals surface area contributed by atoms with Crippen molar-refractivity contribution in [1.82, 2.24) is 0 Å². The van der Waals surface area contributed by atoms with Gasteiger partial charge in [-0.25, -0.2) is 0 Å². The molecule has 148 valence electrons. The Balaban J connectivity index is 2.04. The van der Waals surface area contributed by atoms with Crippen LogP contribution in [-0.2, 0) is 17.9 Å². The van der Waals surface area contributed by atoms with Crippen LogP contribution in [0.3, 0.4) is 0 Å². The molecule has 3 aromatic carbocycles. The third kappa shape index (κ3) is 5.64. The molecule has 0 unspecified atom stereocenters. The zero-order valence-corrected chi connectivity index (χ0v) is 20.6. The van der Waals surface area contributed by atoms with Crippen LogP contribution in [0.1, 0.15) is 61.8 Å². The van der Waals surface area contributed by atoms with Crippen molar-refractivity contribution in [2.45, 2.75) is 39.5 Å². The molecule has 0 amide bonds. The van der Waals surface area contributed by atoms with Crippen molar-refractivity contribution in [3.05, 3.63) is 107 Å². The average molecular weight is 551 g/mol. The van der Waals surface area contributed by atoms with Crippen LogP contribution < -0.4 is 0 Å². The summed E-state index contributed by atoms with van der Waals surface area (Å²) in [4.78, 5) is 0. The van der Waals surface area contributed by atoms with Crippen molar-refractivity contribution in [3.8, 4) is 0 Å². The van der Waals surface area contributed by atoms with Crippen molar-refractivity contribution in [1.29, 1.82) is 0 Å². The van der Waals surface area contributed by atoms with Gasteiger partial charge in [0, 0.05) is 0 Å². The summed E-state index contributed by atoms with van der Waals surface area (Å²) in [5, 5.41) is 0. The van der Waals surface area contributed by atoms with Gasteiger partial charge in [0.1, 0.15) is 0 Å². The number of allylic oxidation sites excluding steroid dienone is 1. The van der Waals surface area contributed by atoms with Crippen LogP contribution in [-0.4, -0.2) is 4.40 Å². The van der Waals surface area contributed by atoms with Gasteiger partial charge in [0.05, 0.1) is 0 Å². The third-order valence-corrected chi connectivity index (χ3v) is 6.91. The van der Waals surface area contributed by atoms with Crippen LogP contribution in [0.4, 0.5) is 5.69 Å². The van der Waals surface area contributed by atoms with Crippen LogP contribution in [0.15, 0.2) is 88.4 Å². The molecular formula is C27H29NW. The predicted molar refractivity (Wildman–Crippen MR) is 123 cm³/mol. The fraction of sp³-hybridized carbons (Fsp3) is 0.222. The molecule has 0 fully saturated rings. The molecule has 0 saturated heterocycles. The molecule has 0 radical (unpaired) electrons. The summed E-state index contributed by atoms with van der Waals surface area (Å²) in [7, 11) is 0. The minimum atomic E-state index is -1.00. The Kier molecular flexibility index (Phi) is 7.78. The van der Waals surface area contributed by atoms with Crippen molar-refractivity contribution < 1.29 is 17.9 Å². The summed E-state index contributed by atoms with van der Waals surface area (Å²) in [6, 6.07) is 27.9. The molecule has 0 spiro atoms. The molecule has 0 N–H and O–H groups in total. The van der Waals surface area contributed by atoms with Crippen LogP contribution in [0.5, 0.6) is 0 Å². The van der Waals surface area contributed by atoms with Gasteiger partial charge in [-0.1, -0.05) is 0 Å². The fourth-order valence-corrected chi connectivity index (χ4v) is 5.46. The number of rotatable bonds is 6. The van der Waals surface area contributed by atoms with E-state index >= 15 is 0 Å². The Labute approximate surface area is 183 Å². The molecule has 0 atom stereocenters. The van der Waals surface area contributed by atoms with Crippen molar-refractivity contribution in [3.63, 3.8) is 0 Å². The van der Waals surface area contributed by atoms with Crippen molar-refractivity contribution in [2.75, 3.05) is 0 Å². The molecule has 0 saturated carbocycles. The molecule has 0 aliphatic carbocycles. The monoisotopic (exact) mass is 551 g/mol. The summed E-state index contributed by atoms with van der Waals surface area (Å²) in [6.07, 6.45) is 2.28.